The smallest absolute Gasteiger partial charge is 0.308 e. The number of aromatic nitrogens is 1. The summed E-state index contributed by atoms with van der Waals surface area (Å²) >= 11 is 1.25. The van der Waals surface area contributed by atoms with E-state index in [0.717, 1.165) is 47.3 Å². The molecule has 1 aliphatic rings. The van der Waals surface area contributed by atoms with Crippen LogP contribution in [0.15, 0.2) is 53.6 Å². The average Bonchev–Trinajstić information content (AvgIpc) is 2.88. The van der Waals surface area contributed by atoms with Crippen LogP contribution in [0, 0.1) is 23.5 Å². The Morgan fingerprint density at radius 1 is 1.28 bits per heavy atom. The fraction of sp³-hybridized carbons (Fsp3) is 0.407. The molecule has 0 saturated carbocycles. The number of aliphatic carboxylic acids is 1. The number of carboxylic acid groups (broad SMARTS) is 1. The highest BCUT2D eigenvalue weighted by atomic mass is 32.2. The molecular formula is C27H31F2N3O3S. The quantitative estimate of drug-likeness (QED) is 0.363. The van der Waals surface area contributed by atoms with Gasteiger partial charge in [0.1, 0.15) is 17.4 Å². The van der Waals surface area contributed by atoms with Crippen LogP contribution in [0.25, 0.3) is 10.9 Å². The first-order valence-electron chi connectivity index (χ1n) is 12.1. The summed E-state index contributed by atoms with van der Waals surface area (Å²) in [6.45, 7) is 1.82. The molecule has 0 unspecified atom stereocenters. The maximum atomic E-state index is 13.9. The molecule has 3 N–H and O–H groups in total. The molecule has 1 aliphatic heterocycles. The number of carbonyl (C=O) groups is 1. The van der Waals surface area contributed by atoms with Gasteiger partial charge >= 0.3 is 5.97 Å². The number of hydrogen-bond acceptors (Lipinski definition) is 6. The number of hydrogen-bond donors (Lipinski definition) is 2. The van der Waals surface area contributed by atoms with E-state index in [2.05, 4.69) is 9.88 Å². The van der Waals surface area contributed by atoms with Crippen molar-refractivity contribution in [1.82, 2.24) is 9.88 Å². The third kappa shape index (κ3) is 6.32. The minimum Gasteiger partial charge on any atom is -0.497 e. The molecule has 2 aromatic carbocycles. The van der Waals surface area contributed by atoms with Crippen LogP contribution in [-0.4, -0.2) is 53.5 Å². The van der Waals surface area contributed by atoms with E-state index in [-0.39, 0.29) is 16.9 Å². The third-order valence-corrected chi connectivity index (χ3v) is 7.96. The molecule has 3 aromatic rings. The van der Waals surface area contributed by atoms with Crippen LogP contribution in [-0.2, 0) is 4.79 Å². The lowest BCUT2D eigenvalue weighted by Crippen LogP contribution is -2.44. The maximum Gasteiger partial charge on any atom is 0.308 e. The third-order valence-electron chi connectivity index (χ3n) is 6.95. The number of nitrogens with zero attached hydrogens (tertiary/aromatic N) is 2. The number of benzene rings is 2. The molecule has 4 rings (SSSR count). The highest BCUT2D eigenvalue weighted by Gasteiger charge is 2.34. The van der Waals surface area contributed by atoms with Crippen LogP contribution < -0.4 is 10.5 Å². The van der Waals surface area contributed by atoms with Gasteiger partial charge in [0.05, 0.1) is 18.5 Å². The van der Waals surface area contributed by atoms with E-state index < -0.39 is 23.5 Å². The molecule has 0 radical (unpaired) electrons. The summed E-state index contributed by atoms with van der Waals surface area (Å²) in [5.41, 5.74) is 8.40. The Morgan fingerprint density at radius 3 is 2.89 bits per heavy atom. The Kier molecular flexibility index (Phi) is 8.77. The molecule has 3 atom stereocenters. The lowest BCUT2D eigenvalue weighted by molar-refractivity contribution is -0.146. The molecule has 0 bridgehead atoms. The van der Waals surface area contributed by atoms with Crippen molar-refractivity contribution in [2.24, 2.45) is 17.6 Å². The predicted octanol–water partition coefficient (Wildman–Crippen LogP) is 5.12. The van der Waals surface area contributed by atoms with E-state index in [1.54, 1.807) is 13.3 Å². The fourth-order valence-corrected chi connectivity index (χ4v) is 5.89. The topological polar surface area (TPSA) is 88.7 Å². The molecule has 0 spiro atoms. The zero-order valence-electron chi connectivity index (χ0n) is 20.2. The normalized spacial score (nSPS) is 19.3. The molecule has 1 saturated heterocycles. The van der Waals surface area contributed by atoms with Crippen molar-refractivity contribution in [3.8, 4) is 5.75 Å². The van der Waals surface area contributed by atoms with Gasteiger partial charge in [-0.15, -0.1) is 11.8 Å². The zero-order chi connectivity index (χ0) is 25.7. The number of carboxylic acids is 1. The number of fused-ring (bicyclic) bond motifs is 1. The summed E-state index contributed by atoms with van der Waals surface area (Å²) in [5, 5.41) is 10.8. The minimum atomic E-state index is -0.804. The van der Waals surface area contributed by atoms with Crippen molar-refractivity contribution < 1.29 is 23.4 Å². The summed E-state index contributed by atoms with van der Waals surface area (Å²) in [5.74, 6) is -0.886. The molecule has 2 heterocycles. The van der Waals surface area contributed by atoms with Gasteiger partial charge in [-0.05, 0) is 79.8 Å². The molecule has 9 heteroatoms. The van der Waals surface area contributed by atoms with E-state index in [1.165, 1.54) is 17.8 Å². The van der Waals surface area contributed by atoms with Gasteiger partial charge in [-0.2, -0.15) is 0 Å². The van der Waals surface area contributed by atoms with Gasteiger partial charge in [0, 0.05) is 41.4 Å². The average molecular weight is 516 g/mol. The van der Waals surface area contributed by atoms with Gasteiger partial charge < -0.3 is 20.5 Å². The van der Waals surface area contributed by atoms with Gasteiger partial charge in [0.25, 0.3) is 0 Å². The molecule has 6 nitrogen and oxygen atoms in total. The van der Waals surface area contributed by atoms with Crippen LogP contribution in [0.3, 0.4) is 0 Å². The molecule has 192 valence electrons. The van der Waals surface area contributed by atoms with Crippen molar-refractivity contribution in [2.75, 3.05) is 32.5 Å². The first-order valence-corrected chi connectivity index (χ1v) is 13.1. The minimum absolute atomic E-state index is 0.0285. The van der Waals surface area contributed by atoms with E-state index in [9.17, 15) is 18.7 Å². The second-order valence-corrected chi connectivity index (χ2v) is 10.3. The maximum absolute atomic E-state index is 13.9. The molecule has 0 amide bonds. The van der Waals surface area contributed by atoms with Gasteiger partial charge in [-0.1, -0.05) is 0 Å². The Balaban J connectivity index is 1.33. The number of rotatable bonds is 10. The van der Waals surface area contributed by atoms with E-state index in [1.807, 2.05) is 24.3 Å². The first-order chi connectivity index (χ1) is 17.4. The predicted molar refractivity (Wildman–Crippen MR) is 137 cm³/mol. The van der Waals surface area contributed by atoms with E-state index in [4.69, 9.17) is 10.5 Å². The molecule has 36 heavy (non-hydrogen) atoms. The van der Waals surface area contributed by atoms with Crippen LogP contribution in [0.2, 0.25) is 0 Å². The largest absolute Gasteiger partial charge is 0.497 e. The lowest BCUT2D eigenvalue weighted by Gasteiger charge is -2.37. The highest BCUT2D eigenvalue weighted by molar-refractivity contribution is 7.99. The number of ether oxygens (including phenoxy) is 1. The van der Waals surface area contributed by atoms with Crippen LogP contribution in [0.1, 0.15) is 30.9 Å². The Bertz CT molecular complexity index is 1210. The molecule has 1 fully saturated rings. The number of likely N-dealkylation sites (tertiary alicyclic amines) is 1. The van der Waals surface area contributed by atoms with Crippen molar-refractivity contribution >= 4 is 28.6 Å². The van der Waals surface area contributed by atoms with Gasteiger partial charge in [0.15, 0.2) is 0 Å². The van der Waals surface area contributed by atoms with Crippen molar-refractivity contribution in [3.63, 3.8) is 0 Å². The van der Waals surface area contributed by atoms with Crippen molar-refractivity contribution in [3.05, 3.63) is 65.9 Å². The number of halogens is 2. The number of nitrogens with two attached hydrogens (primary N) is 1. The fourth-order valence-electron chi connectivity index (χ4n) is 4.91. The van der Waals surface area contributed by atoms with Crippen LogP contribution in [0.5, 0.6) is 5.75 Å². The van der Waals surface area contributed by atoms with Crippen LogP contribution >= 0.6 is 11.8 Å². The Hall–Kier alpha value is -2.75. The SMILES string of the molecule is COc1ccc2nccc([C@@H](N)CC[C@@H]3CCN(CCSc4cc(F)ccc4F)C[C@@H]3C(=O)O)c2c1. The van der Waals surface area contributed by atoms with Crippen molar-refractivity contribution in [1.29, 1.82) is 0 Å². The van der Waals surface area contributed by atoms with Crippen LogP contribution in [0.4, 0.5) is 8.78 Å². The summed E-state index contributed by atoms with van der Waals surface area (Å²) < 4.78 is 32.6. The number of thioether (sulfide) groups is 1. The lowest BCUT2D eigenvalue weighted by atomic mass is 9.81. The van der Waals surface area contributed by atoms with E-state index in [0.29, 0.717) is 31.7 Å². The van der Waals surface area contributed by atoms with Gasteiger partial charge in [-0.25, -0.2) is 8.78 Å². The molecular weight excluding hydrogens is 484 g/mol. The standard InChI is InChI=1S/C27H31F2N3O3S/c1-35-19-4-7-25-21(15-19)20(8-10-31-25)24(30)6-2-17-9-11-32(16-22(17)27(33)34)12-13-36-26-14-18(28)3-5-23(26)29/h3-5,7-8,10,14-15,17,22,24H,2,6,9,11-13,16,30H2,1H3,(H,33,34)/t17-,22+,24+/m1/s1. The second kappa shape index (κ2) is 12.0. The van der Waals surface area contributed by atoms with Gasteiger partial charge in [-0.3, -0.25) is 9.78 Å². The van der Waals surface area contributed by atoms with Gasteiger partial charge in [0.2, 0.25) is 0 Å². The molecule has 0 aliphatic carbocycles. The van der Waals surface area contributed by atoms with Crippen molar-refractivity contribution in [2.45, 2.75) is 30.2 Å². The Morgan fingerprint density at radius 2 is 2.11 bits per heavy atom. The van der Waals surface area contributed by atoms with E-state index >= 15 is 0 Å². The Labute approximate surface area is 213 Å². The number of piperidine rings is 1. The number of methoxy groups -OCH3 is 1. The highest BCUT2D eigenvalue weighted by Crippen LogP contribution is 2.33. The first kappa shape index (κ1) is 26.3. The summed E-state index contributed by atoms with van der Waals surface area (Å²) in [6.07, 6.45) is 3.88. The monoisotopic (exact) mass is 515 g/mol. The summed E-state index contributed by atoms with van der Waals surface area (Å²) in [7, 11) is 1.62. The zero-order valence-corrected chi connectivity index (χ0v) is 21.0. The summed E-state index contributed by atoms with van der Waals surface area (Å²) in [6, 6.07) is 10.8. The second-order valence-electron chi connectivity index (χ2n) is 9.18. The summed E-state index contributed by atoms with van der Waals surface area (Å²) in [4.78, 5) is 18.9. The molecule has 1 aromatic heterocycles. The number of pyridine rings is 1.